The van der Waals surface area contributed by atoms with Crippen LogP contribution in [0.4, 0.5) is 5.69 Å². The number of rotatable bonds is 9. The summed E-state index contributed by atoms with van der Waals surface area (Å²) in [6, 6.07) is 24.1. The molecule has 174 valence electrons. The van der Waals surface area contributed by atoms with Gasteiger partial charge in [0.2, 0.25) is 0 Å². The predicted octanol–water partition coefficient (Wildman–Crippen LogP) is 5.71. The highest BCUT2D eigenvalue weighted by molar-refractivity contribution is 9.10. The first-order valence-electron chi connectivity index (χ1n) is 11.0. The van der Waals surface area contributed by atoms with E-state index in [1.54, 1.807) is 31.4 Å². The van der Waals surface area contributed by atoms with Crippen LogP contribution in [0.5, 0.6) is 5.75 Å². The smallest absolute Gasteiger partial charge is 0.338 e. The lowest BCUT2D eigenvalue weighted by molar-refractivity contribution is 0.0742. The van der Waals surface area contributed by atoms with Gasteiger partial charge in [-0.3, -0.25) is 4.79 Å². The molecule has 1 heterocycles. The molecule has 1 amide bonds. The Hall–Kier alpha value is -3.58. The molecular formula is C27H25BrN2O4. The molecule has 34 heavy (non-hydrogen) atoms. The summed E-state index contributed by atoms with van der Waals surface area (Å²) in [6.45, 7) is 1.64. The van der Waals surface area contributed by atoms with Crippen LogP contribution in [0.2, 0.25) is 0 Å². The van der Waals surface area contributed by atoms with Crippen molar-refractivity contribution < 1.29 is 13.9 Å². The van der Waals surface area contributed by atoms with Gasteiger partial charge in [0.1, 0.15) is 11.3 Å². The minimum absolute atomic E-state index is 0.0574. The Kier molecular flexibility index (Phi) is 7.65. The van der Waals surface area contributed by atoms with E-state index in [2.05, 4.69) is 21.2 Å². The average Bonchev–Trinajstić information content (AvgIpc) is 2.85. The summed E-state index contributed by atoms with van der Waals surface area (Å²) in [5, 5.41) is 4.18. The number of carbonyl (C=O) groups is 1. The summed E-state index contributed by atoms with van der Waals surface area (Å²) >= 11 is 3.47. The molecule has 0 radical (unpaired) electrons. The van der Waals surface area contributed by atoms with E-state index in [9.17, 15) is 9.59 Å². The number of methoxy groups -OCH3 is 1. The third-order valence-electron chi connectivity index (χ3n) is 5.47. The van der Waals surface area contributed by atoms with Gasteiger partial charge in [0.15, 0.2) is 0 Å². The van der Waals surface area contributed by atoms with Crippen molar-refractivity contribution in [3.8, 4) is 5.75 Å². The second kappa shape index (κ2) is 11.0. The zero-order valence-corrected chi connectivity index (χ0v) is 20.4. The lowest BCUT2D eigenvalue weighted by Crippen LogP contribution is -2.32. The van der Waals surface area contributed by atoms with Crippen LogP contribution in [0.1, 0.15) is 22.3 Å². The van der Waals surface area contributed by atoms with Crippen molar-refractivity contribution in [2.45, 2.75) is 13.0 Å². The molecule has 0 saturated heterocycles. The molecular weight excluding hydrogens is 496 g/mol. The van der Waals surface area contributed by atoms with Gasteiger partial charge in [-0.25, -0.2) is 4.79 Å². The summed E-state index contributed by atoms with van der Waals surface area (Å²) in [5.41, 5.74) is 2.52. The highest BCUT2D eigenvalue weighted by Crippen LogP contribution is 2.26. The molecule has 1 aromatic heterocycles. The fraction of sp³-hybridized carbons (Fsp3) is 0.185. The number of carbonyl (C=O) groups excluding carboxylic acids is 1. The van der Waals surface area contributed by atoms with Gasteiger partial charge in [-0.2, -0.15) is 0 Å². The lowest BCUT2D eigenvalue weighted by Gasteiger charge is -2.23. The zero-order chi connectivity index (χ0) is 23.9. The molecule has 4 rings (SSSR count). The normalized spacial score (nSPS) is 10.8. The minimum atomic E-state index is -0.396. The van der Waals surface area contributed by atoms with E-state index in [4.69, 9.17) is 9.15 Å². The van der Waals surface area contributed by atoms with Crippen molar-refractivity contribution >= 4 is 38.5 Å². The highest BCUT2D eigenvalue weighted by atomic mass is 79.9. The van der Waals surface area contributed by atoms with E-state index in [1.165, 1.54) is 6.07 Å². The summed E-state index contributed by atoms with van der Waals surface area (Å²) in [5.74, 6) is 0.618. The van der Waals surface area contributed by atoms with Crippen LogP contribution >= 0.6 is 15.9 Å². The molecule has 0 fully saturated rings. The van der Waals surface area contributed by atoms with Crippen molar-refractivity contribution in [3.63, 3.8) is 0 Å². The van der Waals surface area contributed by atoms with E-state index in [1.807, 2.05) is 53.4 Å². The first-order chi connectivity index (χ1) is 16.5. The number of hydrogen-bond donors (Lipinski definition) is 1. The van der Waals surface area contributed by atoms with Crippen molar-refractivity contribution in [2.24, 2.45) is 0 Å². The number of ether oxygens (including phenoxy) is 1. The molecule has 3 aromatic carbocycles. The van der Waals surface area contributed by atoms with Gasteiger partial charge >= 0.3 is 5.63 Å². The summed E-state index contributed by atoms with van der Waals surface area (Å²) in [4.78, 5) is 27.1. The van der Waals surface area contributed by atoms with Gasteiger partial charge in [-0.05, 0) is 58.2 Å². The number of nitrogens with one attached hydrogen (secondary N) is 1. The molecule has 0 bridgehead atoms. The lowest BCUT2D eigenvalue weighted by atomic mass is 10.1. The van der Waals surface area contributed by atoms with Crippen molar-refractivity contribution in [1.82, 2.24) is 4.90 Å². The van der Waals surface area contributed by atoms with E-state index >= 15 is 0 Å². The second-order valence-electron chi connectivity index (χ2n) is 7.82. The Morgan fingerprint density at radius 3 is 2.56 bits per heavy atom. The first kappa shape index (κ1) is 23.6. The van der Waals surface area contributed by atoms with Crippen molar-refractivity contribution in [2.75, 3.05) is 25.5 Å². The number of fused-ring (bicyclic) bond motifs is 1. The van der Waals surface area contributed by atoms with Gasteiger partial charge in [-0.1, -0.05) is 42.5 Å². The number of anilines is 1. The first-order valence-corrected chi connectivity index (χ1v) is 11.8. The molecule has 4 aromatic rings. The molecule has 0 aliphatic rings. The number of halogens is 1. The molecule has 0 aliphatic carbocycles. The summed E-state index contributed by atoms with van der Waals surface area (Å²) in [6.07, 6.45) is 0.699. The second-order valence-corrected chi connectivity index (χ2v) is 8.67. The third-order valence-corrected chi connectivity index (χ3v) is 6.09. The number of amides is 1. The molecule has 0 aliphatic heterocycles. The maximum atomic E-state index is 13.4. The van der Waals surface area contributed by atoms with E-state index in [0.717, 1.165) is 21.1 Å². The SMILES string of the molecule is COc1ccc(C(=O)N(CCCNc2cc(=O)oc3ccccc23)Cc2ccccc2)cc1Br. The van der Waals surface area contributed by atoms with Crippen LogP contribution in [-0.4, -0.2) is 31.0 Å². The third kappa shape index (κ3) is 5.66. The number of para-hydroxylation sites is 1. The standard InChI is InChI=1S/C27H25BrN2O4/c1-33-25-13-12-20(16-22(25)28)27(32)30(18-19-8-3-2-4-9-19)15-7-14-29-23-17-26(31)34-24-11-6-5-10-21(23)24/h2-6,8-13,16-17,29H,7,14-15,18H2,1H3. The van der Waals surface area contributed by atoms with Crippen molar-refractivity contribution in [3.05, 3.63) is 105 Å². The van der Waals surface area contributed by atoms with Crippen molar-refractivity contribution in [1.29, 1.82) is 0 Å². The molecule has 0 unspecified atom stereocenters. The quantitative estimate of drug-likeness (QED) is 0.226. The number of hydrogen-bond acceptors (Lipinski definition) is 5. The Morgan fingerprint density at radius 2 is 1.79 bits per heavy atom. The monoisotopic (exact) mass is 520 g/mol. The summed E-state index contributed by atoms with van der Waals surface area (Å²) < 4.78 is 11.3. The van der Waals surface area contributed by atoms with Crippen LogP contribution in [0.25, 0.3) is 11.0 Å². The zero-order valence-electron chi connectivity index (χ0n) is 18.8. The van der Waals surface area contributed by atoms with Gasteiger partial charge in [-0.15, -0.1) is 0 Å². The molecule has 1 N–H and O–H groups in total. The highest BCUT2D eigenvalue weighted by Gasteiger charge is 2.17. The Bertz CT molecular complexity index is 1340. The Balaban J connectivity index is 1.47. The van der Waals surface area contributed by atoms with Crippen LogP contribution in [0.15, 0.2) is 92.5 Å². The van der Waals surface area contributed by atoms with E-state index in [-0.39, 0.29) is 5.91 Å². The largest absolute Gasteiger partial charge is 0.496 e. The van der Waals surface area contributed by atoms with Crippen LogP contribution in [0.3, 0.4) is 0 Å². The molecule has 0 spiro atoms. The Morgan fingerprint density at radius 1 is 1.03 bits per heavy atom. The van der Waals surface area contributed by atoms with Crippen LogP contribution in [-0.2, 0) is 6.54 Å². The van der Waals surface area contributed by atoms with Gasteiger partial charge in [0.05, 0.1) is 17.3 Å². The molecule has 6 nitrogen and oxygen atoms in total. The average molecular weight is 521 g/mol. The van der Waals surface area contributed by atoms with Gasteiger partial charge in [0.25, 0.3) is 5.91 Å². The van der Waals surface area contributed by atoms with Gasteiger partial charge < -0.3 is 19.4 Å². The van der Waals surface area contributed by atoms with E-state index in [0.29, 0.717) is 43.0 Å². The fourth-order valence-electron chi connectivity index (χ4n) is 3.79. The van der Waals surface area contributed by atoms with Crippen LogP contribution in [0, 0.1) is 0 Å². The summed E-state index contributed by atoms with van der Waals surface area (Å²) in [7, 11) is 1.59. The maximum absolute atomic E-state index is 13.4. The number of nitrogens with zero attached hydrogens (tertiary/aromatic N) is 1. The molecule has 7 heteroatoms. The minimum Gasteiger partial charge on any atom is -0.496 e. The maximum Gasteiger partial charge on any atom is 0.338 e. The molecule has 0 atom stereocenters. The predicted molar refractivity (Wildman–Crippen MR) is 137 cm³/mol. The molecule has 0 saturated carbocycles. The number of benzene rings is 3. The topological polar surface area (TPSA) is 71.8 Å². The van der Waals surface area contributed by atoms with Gasteiger partial charge in [0, 0.05) is 36.7 Å². The Labute approximate surface area is 206 Å². The van der Waals surface area contributed by atoms with Crippen LogP contribution < -0.4 is 15.7 Å². The van der Waals surface area contributed by atoms with E-state index < -0.39 is 5.63 Å². The fourth-order valence-corrected chi connectivity index (χ4v) is 4.33.